The van der Waals surface area contributed by atoms with Gasteiger partial charge in [-0.05, 0) is 49.5 Å². The molecule has 2 aliphatic rings. The van der Waals surface area contributed by atoms with Crippen LogP contribution in [-0.4, -0.2) is 6.54 Å². The van der Waals surface area contributed by atoms with Gasteiger partial charge in [0.05, 0.1) is 0 Å². The van der Waals surface area contributed by atoms with E-state index in [1.54, 1.807) is 0 Å². The molecule has 0 saturated heterocycles. The minimum Gasteiger partial charge on any atom is -0.330 e. The molecule has 0 unspecified atom stereocenters. The average molecular weight is 167 g/mol. The summed E-state index contributed by atoms with van der Waals surface area (Å²) in [7, 11) is 0. The molecule has 2 fully saturated rings. The molecule has 2 aliphatic carbocycles. The quantitative estimate of drug-likeness (QED) is 0.687. The lowest BCUT2D eigenvalue weighted by molar-refractivity contribution is 0.236. The summed E-state index contributed by atoms with van der Waals surface area (Å²) in [5, 5.41) is 0. The fourth-order valence-corrected chi connectivity index (χ4v) is 2.94. The Bertz CT molecular complexity index is 164. The van der Waals surface area contributed by atoms with Gasteiger partial charge in [-0.3, -0.25) is 0 Å². The maximum atomic E-state index is 5.81. The summed E-state index contributed by atoms with van der Waals surface area (Å²) >= 11 is 0. The first-order chi connectivity index (χ1) is 5.68. The van der Waals surface area contributed by atoms with E-state index in [1.165, 1.54) is 44.9 Å². The lowest BCUT2D eigenvalue weighted by atomic mass is 9.78. The van der Waals surface area contributed by atoms with E-state index in [-0.39, 0.29) is 0 Å². The minimum absolute atomic E-state index is 0.596. The summed E-state index contributed by atoms with van der Waals surface area (Å²) in [6, 6.07) is 0. The summed E-state index contributed by atoms with van der Waals surface area (Å²) in [5.74, 6) is 0. The third-order valence-electron chi connectivity index (χ3n) is 4.00. The van der Waals surface area contributed by atoms with Gasteiger partial charge in [-0.25, -0.2) is 0 Å². The zero-order chi connectivity index (χ0) is 8.66. The molecule has 1 nitrogen and oxygen atoms in total. The Balaban J connectivity index is 1.92. The van der Waals surface area contributed by atoms with Gasteiger partial charge in [0.1, 0.15) is 0 Å². The number of rotatable bonds is 3. The molecular weight excluding hydrogens is 146 g/mol. The van der Waals surface area contributed by atoms with Gasteiger partial charge in [-0.1, -0.05) is 19.8 Å². The topological polar surface area (TPSA) is 26.0 Å². The molecule has 0 spiro atoms. The highest BCUT2D eigenvalue weighted by molar-refractivity contribution is 4.99. The normalized spacial score (nSPS) is 30.5. The van der Waals surface area contributed by atoms with Crippen LogP contribution in [0.3, 0.4) is 0 Å². The van der Waals surface area contributed by atoms with Crippen LogP contribution < -0.4 is 5.73 Å². The second-order valence-corrected chi connectivity index (χ2v) is 5.40. The van der Waals surface area contributed by atoms with E-state index in [9.17, 15) is 0 Å². The van der Waals surface area contributed by atoms with Crippen LogP contribution in [0, 0.1) is 10.8 Å². The summed E-state index contributed by atoms with van der Waals surface area (Å²) in [6.45, 7) is 3.40. The van der Waals surface area contributed by atoms with Crippen LogP contribution in [0.2, 0.25) is 0 Å². The fourth-order valence-electron chi connectivity index (χ4n) is 2.94. The molecular formula is C11H21N. The van der Waals surface area contributed by atoms with E-state index in [0.29, 0.717) is 10.8 Å². The third-order valence-corrected chi connectivity index (χ3v) is 4.00. The molecule has 0 heterocycles. The SMILES string of the molecule is CC1(CC2(CN)CC2)CCCC1. The molecule has 0 bridgehead atoms. The van der Waals surface area contributed by atoms with E-state index in [2.05, 4.69) is 6.92 Å². The molecule has 2 N–H and O–H groups in total. The van der Waals surface area contributed by atoms with Crippen LogP contribution >= 0.6 is 0 Å². The largest absolute Gasteiger partial charge is 0.330 e. The molecule has 0 radical (unpaired) electrons. The van der Waals surface area contributed by atoms with E-state index in [1.807, 2.05) is 0 Å². The Morgan fingerprint density at radius 3 is 2.08 bits per heavy atom. The van der Waals surface area contributed by atoms with E-state index in [4.69, 9.17) is 5.73 Å². The van der Waals surface area contributed by atoms with Crippen molar-refractivity contribution in [1.82, 2.24) is 0 Å². The standard InChI is InChI=1S/C11H21N/c1-10(4-2-3-5-10)8-11(9-12)6-7-11/h2-9,12H2,1H3. The molecule has 0 aromatic carbocycles. The first kappa shape index (κ1) is 8.55. The fraction of sp³-hybridized carbons (Fsp3) is 1.00. The van der Waals surface area contributed by atoms with Crippen LogP contribution in [0.4, 0.5) is 0 Å². The molecule has 2 saturated carbocycles. The highest BCUT2D eigenvalue weighted by Crippen LogP contribution is 2.56. The molecule has 0 aromatic rings. The van der Waals surface area contributed by atoms with Crippen molar-refractivity contribution in [2.45, 2.75) is 51.9 Å². The first-order valence-electron chi connectivity index (χ1n) is 5.38. The molecule has 70 valence electrons. The van der Waals surface area contributed by atoms with Crippen molar-refractivity contribution < 1.29 is 0 Å². The van der Waals surface area contributed by atoms with Gasteiger partial charge in [0.2, 0.25) is 0 Å². The van der Waals surface area contributed by atoms with Crippen LogP contribution in [0.1, 0.15) is 51.9 Å². The number of hydrogen-bond donors (Lipinski definition) is 1. The lowest BCUT2D eigenvalue weighted by Crippen LogP contribution is -2.24. The van der Waals surface area contributed by atoms with Crippen molar-refractivity contribution in [2.75, 3.05) is 6.54 Å². The molecule has 12 heavy (non-hydrogen) atoms. The smallest absolute Gasteiger partial charge is 0.00203 e. The minimum atomic E-state index is 0.596. The summed E-state index contributed by atoms with van der Waals surface area (Å²) in [5.41, 5.74) is 7.06. The van der Waals surface area contributed by atoms with Crippen molar-refractivity contribution in [3.63, 3.8) is 0 Å². The Hall–Kier alpha value is -0.0400. The van der Waals surface area contributed by atoms with E-state index >= 15 is 0 Å². The Labute approximate surface area is 75.7 Å². The van der Waals surface area contributed by atoms with E-state index < -0.39 is 0 Å². The predicted molar refractivity (Wildman–Crippen MR) is 51.9 cm³/mol. The monoisotopic (exact) mass is 167 g/mol. The first-order valence-corrected chi connectivity index (χ1v) is 5.38. The van der Waals surface area contributed by atoms with Gasteiger partial charge in [0.25, 0.3) is 0 Å². The second-order valence-electron chi connectivity index (χ2n) is 5.40. The highest BCUT2D eigenvalue weighted by Gasteiger charge is 2.46. The van der Waals surface area contributed by atoms with Crippen molar-refractivity contribution in [1.29, 1.82) is 0 Å². The summed E-state index contributed by atoms with van der Waals surface area (Å²) < 4.78 is 0. The van der Waals surface area contributed by atoms with Crippen LogP contribution in [0.5, 0.6) is 0 Å². The second kappa shape index (κ2) is 2.73. The predicted octanol–water partition coefficient (Wildman–Crippen LogP) is 2.70. The molecule has 0 aromatic heterocycles. The van der Waals surface area contributed by atoms with Crippen molar-refractivity contribution in [3.05, 3.63) is 0 Å². The molecule has 1 heteroatoms. The van der Waals surface area contributed by atoms with Gasteiger partial charge in [-0.2, -0.15) is 0 Å². The van der Waals surface area contributed by atoms with Gasteiger partial charge in [-0.15, -0.1) is 0 Å². The molecule has 2 rings (SSSR count). The van der Waals surface area contributed by atoms with Gasteiger partial charge < -0.3 is 5.73 Å². The molecule has 0 aliphatic heterocycles. The lowest BCUT2D eigenvalue weighted by Gasteiger charge is -2.28. The van der Waals surface area contributed by atoms with Gasteiger partial charge in [0, 0.05) is 0 Å². The van der Waals surface area contributed by atoms with Gasteiger partial charge in [0.15, 0.2) is 0 Å². The van der Waals surface area contributed by atoms with Crippen molar-refractivity contribution in [3.8, 4) is 0 Å². The molecule has 0 amide bonds. The van der Waals surface area contributed by atoms with Crippen LogP contribution in [-0.2, 0) is 0 Å². The average Bonchev–Trinajstić information content (AvgIpc) is 2.68. The highest BCUT2D eigenvalue weighted by atomic mass is 14.7. The van der Waals surface area contributed by atoms with Crippen LogP contribution in [0.25, 0.3) is 0 Å². The maximum Gasteiger partial charge on any atom is -0.00203 e. The molecule has 0 atom stereocenters. The van der Waals surface area contributed by atoms with Gasteiger partial charge >= 0.3 is 0 Å². The number of hydrogen-bond acceptors (Lipinski definition) is 1. The zero-order valence-corrected chi connectivity index (χ0v) is 8.23. The Morgan fingerprint density at radius 1 is 1.08 bits per heavy atom. The van der Waals surface area contributed by atoms with Crippen molar-refractivity contribution >= 4 is 0 Å². The summed E-state index contributed by atoms with van der Waals surface area (Å²) in [4.78, 5) is 0. The maximum absolute atomic E-state index is 5.81. The summed E-state index contributed by atoms with van der Waals surface area (Å²) in [6.07, 6.45) is 10.0. The Morgan fingerprint density at radius 2 is 1.67 bits per heavy atom. The van der Waals surface area contributed by atoms with Crippen molar-refractivity contribution in [2.24, 2.45) is 16.6 Å². The Kier molecular flexibility index (Phi) is 1.95. The number of nitrogens with two attached hydrogens (primary N) is 1. The zero-order valence-electron chi connectivity index (χ0n) is 8.23. The van der Waals surface area contributed by atoms with Crippen LogP contribution in [0.15, 0.2) is 0 Å². The van der Waals surface area contributed by atoms with E-state index in [0.717, 1.165) is 6.54 Å². The third kappa shape index (κ3) is 1.52.